The normalized spacial score (nSPS) is 11.3. The first-order valence-electron chi connectivity index (χ1n) is 8.43. The maximum Gasteiger partial charge on any atom is 0.328 e. The van der Waals surface area contributed by atoms with Gasteiger partial charge < -0.3 is 19.9 Å². The number of phenolic OH excluding ortho intramolecular Hbond substituents is 1. The molecule has 0 bridgehead atoms. The zero-order valence-corrected chi connectivity index (χ0v) is 15.1. The fourth-order valence-electron chi connectivity index (χ4n) is 2.44. The summed E-state index contributed by atoms with van der Waals surface area (Å²) in [5.41, 5.74) is 0.868. The Morgan fingerprint density at radius 2 is 1.74 bits per heavy atom. The van der Waals surface area contributed by atoms with Crippen LogP contribution in [0.4, 0.5) is 0 Å². The van der Waals surface area contributed by atoms with Gasteiger partial charge in [0.05, 0.1) is 12.2 Å². The molecular formula is C20H21NO6. The van der Waals surface area contributed by atoms with Gasteiger partial charge in [0.15, 0.2) is 0 Å². The molecular weight excluding hydrogens is 350 g/mol. The standard InChI is InChI=1S/C20H21NO6/c1-3-26-20(25)17(12-14-8-10-15(23)11-9-14)21-19(24)16-6-4-5-7-18(16)27-13(2)22/h4-11,17,23H,3,12H2,1-2H3,(H,21,24). The lowest BCUT2D eigenvalue weighted by molar-refractivity contribution is -0.145. The lowest BCUT2D eigenvalue weighted by Crippen LogP contribution is -2.43. The van der Waals surface area contributed by atoms with Crippen LogP contribution in [0.2, 0.25) is 0 Å². The van der Waals surface area contributed by atoms with Gasteiger partial charge in [-0.3, -0.25) is 9.59 Å². The van der Waals surface area contributed by atoms with E-state index < -0.39 is 23.9 Å². The molecule has 1 unspecified atom stereocenters. The van der Waals surface area contributed by atoms with Crippen molar-refractivity contribution in [1.29, 1.82) is 0 Å². The molecule has 1 amide bonds. The predicted molar refractivity (Wildman–Crippen MR) is 97.4 cm³/mol. The van der Waals surface area contributed by atoms with E-state index in [0.29, 0.717) is 0 Å². The lowest BCUT2D eigenvalue weighted by atomic mass is 10.0. The number of carbonyl (C=O) groups excluding carboxylic acids is 3. The van der Waals surface area contributed by atoms with Crippen LogP contribution in [0.25, 0.3) is 0 Å². The monoisotopic (exact) mass is 371 g/mol. The number of rotatable bonds is 7. The van der Waals surface area contributed by atoms with Crippen molar-refractivity contribution in [3.8, 4) is 11.5 Å². The number of nitrogens with one attached hydrogen (secondary N) is 1. The lowest BCUT2D eigenvalue weighted by Gasteiger charge is -2.18. The molecule has 0 heterocycles. The van der Waals surface area contributed by atoms with Gasteiger partial charge in [0, 0.05) is 13.3 Å². The van der Waals surface area contributed by atoms with Crippen LogP contribution in [-0.4, -0.2) is 35.6 Å². The van der Waals surface area contributed by atoms with E-state index in [1.54, 1.807) is 31.2 Å². The SMILES string of the molecule is CCOC(=O)C(Cc1ccc(O)cc1)NC(=O)c1ccccc1OC(C)=O. The van der Waals surface area contributed by atoms with Crippen molar-refractivity contribution in [2.45, 2.75) is 26.3 Å². The summed E-state index contributed by atoms with van der Waals surface area (Å²) in [5, 5.41) is 12.0. The van der Waals surface area contributed by atoms with E-state index >= 15 is 0 Å². The van der Waals surface area contributed by atoms with Gasteiger partial charge in [0.1, 0.15) is 17.5 Å². The van der Waals surface area contributed by atoms with Crippen LogP contribution in [0, 0.1) is 0 Å². The molecule has 0 radical (unpaired) electrons. The Bertz CT molecular complexity index is 815. The molecule has 0 saturated carbocycles. The second-order valence-electron chi connectivity index (χ2n) is 5.74. The topological polar surface area (TPSA) is 102 Å². The van der Waals surface area contributed by atoms with Crippen molar-refractivity contribution in [3.05, 3.63) is 59.7 Å². The molecule has 2 aromatic rings. The average Bonchev–Trinajstić information content (AvgIpc) is 2.63. The Kier molecular flexibility index (Phi) is 6.93. The van der Waals surface area contributed by atoms with Crippen LogP contribution in [0.15, 0.2) is 48.5 Å². The first-order chi connectivity index (χ1) is 12.9. The Morgan fingerprint density at radius 1 is 1.07 bits per heavy atom. The number of phenols is 1. The van der Waals surface area contributed by atoms with Gasteiger partial charge in [-0.2, -0.15) is 0 Å². The molecule has 1 atom stereocenters. The van der Waals surface area contributed by atoms with Gasteiger partial charge in [-0.25, -0.2) is 4.79 Å². The predicted octanol–water partition coefficient (Wildman–Crippen LogP) is 2.22. The van der Waals surface area contributed by atoms with E-state index in [4.69, 9.17) is 9.47 Å². The van der Waals surface area contributed by atoms with Gasteiger partial charge in [-0.1, -0.05) is 24.3 Å². The highest BCUT2D eigenvalue weighted by Gasteiger charge is 2.24. The van der Waals surface area contributed by atoms with Crippen molar-refractivity contribution < 1.29 is 29.0 Å². The van der Waals surface area contributed by atoms with Crippen LogP contribution < -0.4 is 10.1 Å². The highest BCUT2D eigenvalue weighted by atomic mass is 16.5. The number of benzene rings is 2. The molecule has 142 valence electrons. The summed E-state index contributed by atoms with van der Waals surface area (Å²) >= 11 is 0. The molecule has 0 saturated heterocycles. The van der Waals surface area contributed by atoms with Crippen LogP contribution in [0.5, 0.6) is 11.5 Å². The minimum Gasteiger partial charge on any atom is -0.508 e. The number of esters is 2. The Balaban J connectivity index is 2.21. The summed E-state index contributed by atoms with van der Waals surface area (Å²) < 4.78 is 10.1. The Hall–Kier alpha value is -3.35. The van der Waals surface area contributed by atoms with Gasteiger partial charge in [0.2, 0.25) is 0 Å². The van der Waals surface area contributed by atoms with E-state index in [1.165, 1.54) is 31.2 Å². The van der Waals surface area contributed by atoms with Crippen LogP contribution >= 0.6 is 0 Å². The molecule has 0 aromatic heterocycles. The van der Waals surface area contributed by atoms with Crippen molar-refractivity contribution in [1.82, 2.24) is 5.32 Å². The molecule has 7 heteroatoms. The van der Waals surface area contributed by atoms with Crippen LogP contribution in [-0.2, 0) is 20.7 Å². The molecule has 0 fully saturated rings. The summed E-state index contributed by atoms with van der Waals surface area (Å²) in [6.45, 7) is 3.08. The largest absolute Gasteiger partial charge is 0.508 e. The number of para-hydroxylation sites is 1. The Labute approximate surface area is 156 Å². The third-order valence-electron chi connectivity index (χ3n) is 3.64. The molecule has 0 spiro atoms. The fourth-order valence-corrected chi connectivity index (χ4v) is 2.44. The summed E-state index contributed by atoms with van der Waals surface area (Å²) in [4.78, 5) is 36.2. The average molecular weight is 371 g/mol. The van der Waals surface area contributed by atoms with E-state index in [2.05, 4.69) is 5.32 Å². The quantitative estimate of drug-likeness (QED) is 0.572. The third-order valence-corrected chi connectivity index (χ3v) is 3.64. The maximum absolute atomic E-state index is 12.7. The van der Waals surface area contributed by atoms with Crippen molar-refractivity contribution >= 4 is 17.8 Å². The third kappa shape index (κ3) is 5.85. The molecule has 27 heavy (non-hydrogen) atoms. The minimum absolute atomic E-state index is 0.103. The van der Waals surface area contributed by atoms with Crippen molar-refractivity contribution in [2.75, 3.05) is 6.61 Å². The van der Waals surface area contributed by atoms with Crippen LogP contribution in [0.1, 0.15) is 29.8 Å². The number of amides is 1. The number of ether oxygens (including phenoxy) is 2. The zero-order chi connectivity index (χ0) is 19.8. The number of aromatic hydroxyl groups is 1. The van der Waals surface area contributed by atoms with Gasteiger partial charge >= 0.3 is 11.9 Å². The molecule has 0 aliphatic heterocycles. The highest BCUT2D eigenvalue weighted by Crippen LogP contribution is 2.19. The van der Waals surface area contributed by atoms with E-state index in [1.807, 2.05) is 0 Å². The first kappa shape index (κ1) is 20.0. The molecule has 2 aromatic carbocycles. The first-order valence-corrected chi connectivity index (χ1v) is 8.43. The van der Waals surface area contributed by atoms with Gasteiger partial charge in [-0.05, 0) is 36.8 Å². The van der Waals surface area contributed by atoms with Gasteiger partial charge in [0.25, 0.3) is 5.91 Å². The molecule has 2 N–H and O–H groups in total. The summed E-state index contributed by atoms with van der Waals surface area (Å²) in [6, 6.07) is 11.6. The minimum atomic E-state index is -0.938. The van der Waals surface area contributed by atoms with Gasteiger partial charge in [-0.15, -0.1) is 0 Å². The number of carbonyl (C=O) groups is 3. The van der Waals surface area contributed by atoms with E-state index in [0.717, 1.165) is 5.56 Å². The van der Waals surface area contributed by atoms with Crippen molar-refractivity contribution in [3.63, 3.8) is 0 Å². The Morgan fingerprint density at radius 3 is 2.37 bits per heavy atom. The zero-order valence-electron chi connectivity index (χ0n) is 15.1. The number of hydrogen-bond donors (Lipinski definition) is 2. The van der Waals surface area contributed by atoms with Crippen LogP contribution in [0.3, 0.4) is 0 Å². The molecule has 2 rings (SSSR count). The smallest absolute Gasteiger partial charge is 0.328 e. The molecule has 0 aliphatic carbocycles. The maximum atomic E-state index is 12.7. The summed E-state index contributed by atoms with van der Waals surface area (Å²) in [5.74, 6) is -1.49. The molecule has 0 aliphatic rings. The van der Waals surface area contributed by atoms with Crippen molar-refractivity contribution in [2.24, 2.45) is 0 Å². The summed E-state index contributed by atoms with van der Waals surface area (Å²) in [6.07, 6.45) is 0.181. The summed E-state index contributed by atoms with van der Waals surface area (Å²) in [7, 11) is 0. The second kappa shape index (κ2) is 9.38. The van der Waals surface area contributed by atoms with E-state index in [-0.39, 0.29) is 30.1 Å². The highest BCUT2D eigenvalue weighted by molar-refractivity contribution is 5.99. The van der Waals surface area contributed by atoms with E-state index in [9.17, 15) is 19.5 Å². The number of hydrogen-bond acceptors (Lipinski definition) is 6. The molecule has 7 nitrogen and oxygen atoms in total. The fraction of sp³-hybridized carbons (Fsp3) is 0.250. The second-order valence-corrected chi connectivity index (χ2v) is 5.74.